The number of nitrogens with zero attached hydrogens (tertiary/aromatic N) is 3. The number of benzene rings is 1. The molecule has 1 N–H and O–H groups in total. The highest BCUT2D eigenvalue weighted by atomic mass is 16.5. The van der Waals surface area contributed by atoms with Gasteiger partial charge in [-0.15, -0.1) is 0 Å². The molecule has 2 fully saturated rings. The third kappa shape index (κ3) is 5.03. The van der Waals surface area contributed by atoms with Gasteiger partial charge < -0.3 is 19.9 Å². The topological polar surface area (TPSA) is 74.8 Å². The van der Waals surface area contributed by atoms with E-state index in [0.29, 0.717) is 31.8 Å². The van der Waals surface area contributed by atoms with Crippen LogP contribution in [0.3, 0.4) is 0 Å². The third-order valence-corrected chi connectivity index (χ3v) is 6.51. The summed E-state index contributed by atoms with van der Waals surface area (Å²) >= 11 is 0. The number of amides is 2. The van der Waals surface area contributed by atoms with Crippen LogP contribution in [0.5, 0.6) is 5.75 Å². The number of rotatable bonds is 8. The number of hydrogen-bond acceptors (Lipinski definition) is 5. The Balaban J connectivity index is 1.25. The lowest BCUT2D eigenvalue weighted by atomic mass is 9.84. The van der Waals surface area contributed by atoms with Crippen molar-refractivity contribution in [1.29, 1.82) is 0 Å². The molecule has 2 aliphatic rings. The van der Waals surface area contributed by atoms with Gasteiger partial charge in [-0.3, -0.25) is 9.59 Å². The number of likely N-dealkylation sites (tertiary alicyclic amines) is 1. The second-order valence-electron chi connectivity index (χ2n) is 8.94. The highest BCUT2D eigenvalue weighted by Gasteiger charge is 2.46. The lowest BCUT2D eigenvalue weighted by Gasteiger charge is -2.37. The van der Waals surface area contributed by atoms with E-state index in [1.54, 1.807) is 6.20 Å². The number of fused-ring (bicyclic) bond motifs is 2. The minimum absolute atomic E-state index is 0.00309. The van der Waals surface area contributed by atoms with Gasteiger partial charge in [0.2, 0.25) is 5.91 Å². The van der Waals surface area contributed by atoms with E-state index in [1.807, 2.05) is 66.4 Å². The fourth-order valence-corrected chi connectivity index (χ4v) is 4.88. The lowest BCUT2D eigenvalue weighted by Crippen LogP contribution is -2.50. The molecule has 0 unspecified atom stereocenters. The standard InChI is InChI=1S/C25H32N4O3/c1-28(2)22-12-11-18(15-27-22)25(31)29-16-19-9-10-20(17-29)23(19)24(30)26-13-6-14-32-21-7-4-3-5-8-21/h3-5,7-8,11-12,15,19-20,23H,6,9-10,13-14,16-17H2,1-2H3,(H,26,30)/t19-,20-/m0/s1. The van der Waals surface area contributed by atoms with Crippen LogP contribution in [0.25, 0.3) is 0 Å². The van der Waals surface area contributed by atoms with Crippen LogP contribution in [0.15, 0.2) is 48.7 Å². The van der Waals surface area contributed by atoms with Crippen LogP contribution in [0.2, 0.25) is 0 Å². The van der Waals surface area contributed by atoms with E-state index in [-0.39, 0.29) is 29.6 Å². The van der Waals surface area contributed by atoms with Crippen molar-refractivity contribution >= 4 is 17.6 Å². The molecule has 1 saturated carbocycles. The molecule has 0 radical (unpaired) electrons. The molecule has 0 spiro atoms. The predicted molar refractivity (Wildman–Crippen MR) is 124 cm³/mol. The first kappa shape index (κ1) is 22.1. The van der Waals surface area contributed by atoms with Crippen molar-refractivity contribution in [3.05, 3.63) is 54.2 Å². The van der Waals surface area contributed by atoms with Gasteiger partial charge in [-0.25, -0.2) is 4.98 Å². The summed E-state index contributed by atoms with van der Waals surface area (Å²) in [7, 11) is 3.85. The van der Waals surface area contributed by atoms with Crippen LogP contribution >= 0.6 is 0 Å². The Kier molecular flexibility index (Phi) is 6.93. The zero-order valence-corrected chi connectivity index (χ0v) is 18.9. The monoisotopic (exact) mass is 436 g/mol. The van der Waals surface area contributed by atoms with Gasteiger partial charge in [0.1, 0.15) is 11.6 Å². The minimum atomic E-state index is 0.00309. The number of pyridine rings is 1. The number of carbonyl (C=O) groups excluding carboxylic acids is 2. The van der Waals surface area contributed by atoms with Gasteiger partial charge in [-0.05, 0) is 55.4 Å². The molecule has 2 amide bonds. The molecule has 2 bridgehead atoms. The molecular formula is C25H32N4O3. The summed E-state index contributed by atoms with van der Waals surface area (Å²) in [6.45, 7) is 2.46. The largest absolute Gasteiger partial charge is 0.494 e. The highest BCUT2D eigenvalue weighted by molar-refractivity contribution is 5.94. The molecule has 2 aromatic rings. The summed E-state index contributed by atoms with van der Waals surface area (Å²) in [6.07, 6.45) is 4.42. The van der Waals surface area contributed by atoms with E-state index >= 15 is 0 Å². The second-order valence-corrected chi connectivity index (χ2v) is 8.94. The molecule has 7 heteroatoms. The number of carbonyl (C=O) groups is 2. The van der Waals surface area contributed by atoms with Gasteiger partial charge in [0.15, 0.2) is 0 Å². The van der Waals surface area contributed by atoms with Crippen molar-refractivity contribution < 1.29 is 14.3 Å². The first-order chi connectivity index (χ1) is 15.5. The van der Waals surface area contributed by atoms with Crippen molar-refractivity contribution in [2.24, 2.45) is 17.8 Å². The van der Waals surface area contributed by atoms with Crippen LogP contribution in [0, 0.1) is 17.8 Å². The summed E-state index contributed by atoms with van der Waals surface area (Å²) in [5, 5.41) is 3.09. The first-order valence-electron chi connectivity index (χ1n) is 11.4. The van der Waals surface area contributed by atoms with Crippen LogP contribution in [-0.2, 0) is 4.79 Å². The van der Waals surface area contributed by atoms with E-state index < -0.39 is 0 Å². The van der Waals surface area contributed by atoms with Crippen LogP contribution < -0.4 is 15.0 Å². The quantitative estimate of drug-likeness (QED) is 0.644. The summed E-state index contributed by atoms with van der Waals surface area (Å²) in [5.74, 6) is 2.27. The Hall–Kier alpha value is -3.09. The van der Waals surface area contributed by atoms with Crippen LogP contribution in [0.1, 0.15) is 29.6 Å². The van der Waals surface area contributed by atoms with E-state index in [9.17, 15) is 9.59 Å². The normalized spacial score (nSPS) is 21.8. The minimum Gasteiger partial charge on any atom is -0.494 e. The van der Waals surface area contributed by atoms with Crippen molar-refractivity contribution in [3.63, 3.8) is 0 Å². The molecule has 2 atom stereocenters. The third-order valence-electron chi connectivity index (χ3n) is 6.51. The Labute approximate surface area is 189 Å². The molecule has 7 nitrogen and oxygen atoms in total. The van der Waals surface area contributed by atoms with Crippen molar-refractivity contribution in [1.82, 2.24) is 15.2 Å². The van der Waals surface area contributed by atoms with E-state index in [2.05, 4.69) is 10.3 Å². The van der Waals surface area contributed by atoms with E-state index in [0.717, 1.165) is 30.8 Å². The number of anilines is 1. The number of para-hydroxylation sites is 1. The number of aromatic nitrogens is 1. The first-order valence-corrected chi connectivity index (χ1v) is 11.4. The molecular weight excluding hydrogens is 404 g/mol. The summed E-state index contributed by atoms with van der Waals surface area (Å²) < 4.78 is 5.69. The van der Waals surface area contributed by atoms with Crippen LogP contribution in [0.4, 0.5) is 5.82 Å². The Morgan fingerprint density at radius 3 is 2.44 bits per heavy atom. The second kappa shape index (κ2) is 10.0. The van der Waals surface area contributed by atoms with Gasteiger partial charge in [-0.1, -0.05) is 18.2 Å². The van der Waals surface area contributed by atoms with E-state index in [1.165, 1.54) is 0 Å². The average molecular weight is 437 g/mol. The molecule has 32 heavy (non-hydrogen) atoms. The predicted octanol–water partition coefficient (Wildman–Crippen LogP) is 2.83. The lowest BCUT2D eigenvalue weighted by molar-refractivity contribution is -0.129. The van der Waals surface area contributed by atoms with Gasteiger partial charge in [0.25, 0.3) is 5.91 Å². The Morgan fingerprint density at radius 1 is 1.09 bits per heavy atom. The van der Waals surface area contributed by atoms with Gasteiger partial charge in [0.05, 0.1) is 12.2 Å². The Morgan fingerprint density at radius 2 is 1.81 bits per heavy atom. The number of hydrogen-bond donors (Lipinski definition) is 1. The smallest absolute Gasteiger partial charge is 0.255 e. The zero-order valence-electron chi connectivity index (χ0n) is 18.9. The molecule has 2 heterocycles. The highest BCUT2D eigenvalue weighted by Crippen LogP contribution is 2.42. The van der Waals surface area contributed by atoms with E-state index in [4.69, 9.17) is 4.74 Å². The molecule has 1 saturated heterocycles. The Bertz CT molecular complexity index is 903. The summed E-state index contributed by atoms with van der Waals surface area (Å²) in [4.78, 5) is 34.0. The maximum atomic E-state index is 13.0. The van der Waals surface area contributed by atoms with Crippen LogP contribution in [-0.4, -0.2) is 62.0 Å². The SMILES string of the molecule is CN(C)c1ccc(C(=O)N2C[C@@H]3CC[C@@H](C2)C3C(=O)NCCCOc2ccccc2)cn1. The maximum Gasteiger partial charge on any atom is 0.255 e. The number of ether oxygens (including phenoxy) is 1. The van der Waals surface area contributed by atoms with Gasteiger partial charge in [-0.2, -0.15) is 0 Å². The fourth-order valence-electron chi connectivity index (χ4n) is 4.88. The maximum absolute atomic E-state index is 13.0. The molecule has 1 aromatic carbocycles. The van der Waals surface area contributed by atoms with Crippen molar-refractivity contribution in [3.8, 4) is 5.75 Å². The molecule has 170 valence electrons. The number of piperidine rings is 1. The zero-order chi connectivity index (χ0) is 22.5. The van der Waals surface area contributed by atoms with Gasteiger partial charge >= 0.3 is 0 Å². The average Bonchev–Trinajstić information content (AvgIpc) is 3.08. The van der Waals surface area contributed by atoms with Crippen molar-refractivity contribution in [2.75, 3.05) is 45.2 Å². The molecule has 1 aliphatic heterocycles. The summed E-state index contributed by atoms with van der Waals surface area (Å²) in [6, 6.07) is 13.4. The molecule has 1 aliphatic carbocycles. The molecule has 1 aromatic heterocycles. The van der Waals surface area contributed by atoms with Gasteiger partial charge in [0, 0.05) is 45.8 Å². The van der Waals surface area contributed by atoms with Crippen molar-refractivity contribution in [2.45, 2.75) is 19.3 Å². The summed E-state index contributed by atoms with van der Waals surface area (Å²) in [5.41, 5.74) is 0.608. The fraction of sp³-hybridized carbons (Fsp3) is 0.480. The molecule has 4 rings (SSSR count). The number of nitrogens with one attached hydrogen (secondary N) is 1.